The second-order valence-electron chi connectivity index (χ2n) is 3.05. The van der Waals surface area contributed by atoms with Gasteiger partial charge in [0.1, 0.15) is 11.5 Å². The monoisotopic (exact) mass is 235 g/mol. The highest BCUT2D eigenvalue weighted by atomic mass is 32.2. The van der Waals surface area contributed by atoms with Crippen LogP contribution in [0.25, 0.3) is 0 Å². The number of carboxylic acids is 1. The summed E-state index contributed by atoms with van der Waals surface area (Å²) in [6.07, 6.45) is 3.11. The van der Waals surface area contributed by atoms with Gasteiger partial charge in [-0.2, -0.15) is 0 Å². The third kappa shape index (κ3) is 2.64. The fourth-order valence-corrected chi connectivity index (χ4v) is 1.99. The van der Waals surface area contributed by atoms with Crippen molar-refractivity contribution in [1.29, 1.82) is 0 Å². The Kier molecular flexibility index (Phi) is 3.26. The Morgan fingerprint density at radius 2 is 2.38 bits per heavy atom. The molecule has 2 aromatic rings. The van der Waals surface area contributed by atoms with Gasteiger partial charge >= 0.3 is 5.97 Å². The molecule has 0 amide bonds. The average Bonchev–Trinajstić information content (AvgIpc) is 2.79. The van der Waals surface area contributed by atoms with E-state index in [0.717, 1.165) is 10.7 Å². The van der Waals surface area contributed by atoms with Crippen molar-refractivity contribution < 1.29 is 14.3 Å². The number of carbonyl (C=O) groups is 1. The zero-order valence-corrected chi connectivity index (χ0v) is 9.11. The van der Waals surface area contributed by atoms with Crippen molar-refractivity contribution in [2.75, 3.05) is 0 Å². The lowest BCUT2D eigenvalue weighted by molar-refractivity contribution is 0.0690. The van der Waals surface area contributed by atoms with E-state index >= 15 is 0 Å². The molecule has 1 N–H and O–H groups in total. The predicted molar refractivity (Wildman–Crippen MR) is 59.5 cm³/mol. The number of pyridine rings is 1. The van der Waals surface area contributed by atoms with Crippen LogP contribution in [0.5, 0.6) is 0 Å². The first kappa shape index (κ1) is 10.8. The highest BCUT2D eigenvalue weighted by Crippen LogP contribution is 2.22. The molecule has 0 saturated heterocycles. The predicted octanol–water partition coefficient (Wildman–Crippen LogP) is 2.67. The second kappa shape index (κ2) is 4.85. The van der Waals surface area contributed by atoms with E-state index in [9.17, 15) is 4.79 Å². The largest absolute Gasteiger partial charge is 0.477 e. The molecule has 0 bridgehead atoms. The van der Waals surface area contributed by atoms with Crippen LogP contribution >= 0.6 is 11.8 Å². The van der Waals surface area contributed by atoms with Crippen LogP contribution in [0.3, 0.4) is 0 Å². The first-order valence-corrected chi connectivity index (χ1v) is 5.59. The van der Waals surface area contributed by atoms with Crippen molar-refractivity contribution >= 4 is 17.7 Å². The molecule has 5 heteroatoms. The van der Waals surface area contributed by atoms with Gasteiger partial charge in [-0.3, -0.25) is 0 Å². The molecular weight excluding hydrogens is 226 g/mol. The third-order valence-corrected chi connectivity index (χ3v) is 2.93. The molecule has 0 spiro atoms. The topological polar surface area (TPSA) is 63.3 Å². The van der Waals surface area contributed by atoms with Crippen LogP contribution in [0.1, 0.15) is 16.2 Å². The van der Waals surface area contributed by atoms with E-state index in [4.69, 9.17) is 9.52 Å². The summed E-state index contributed by atoms with van der Waals surface area (Å²) in [7, 11) is 0. The fraction of sp³-hybridized carbons (Fsp3) is 0.0909. The lowest BCUT2D eigenvalue weighted by Gasteiger charge is -2.00. The van der Waals surface area contributed by atoms with Crippen LogP contribution in [0.2, 0.25) is 0 Å². The first-order chi connectivity index (χ1) is 7.75. The molecular formula is C11H9NO3S. The van der Waals surface area contributed by atoms with Crippen LogP contribution in [0.4, 0.5) is 0 Å². The highest BCUT2D eigenvalue weighted by molar-refractivity contribution is 7.98. The summed E-state index contributed by atoms with van der Waals surface area (Å²) in [6, 6.07) is 7.04. The number of aromatic carboxylic acids is 1. The number of thioether (sulfide) groups is 1. The van der Waals surface area contributed by atoms with E-state index in [1.165, 1.54) is 18.0 Å². The maximum atomic E-state index is 10.7. The fourth-order valence-electron chi connectivity index (χ4n) is 1.17. The normalized spacial score (nSPS) is 10.2. The summed E-state index contributed by atoms with van der Waals surface area (Å²) in [6.45, 7) is 0. The zero-order valence-electron chi connectivity index (χ0n) is 8.29. The Bertz CT molecular complexity index is 482. The summed E-state index contributed by atoms with van der Waals surface area (Å²) < 4.78 is 5.18. The Morgan fingerprint density at radius 1 is 1.50 bits per heavy atom. The van der Waals surface area contributed by atoms with Gasteiger partial charge in [-0.05, 0) is 24.3 Å². The number of furan rings is 1. The lowest BCUT2D eigenvalue weighted by atomic mass is 10.3. The van der Waals surface area contributed by atoms with Crippen LogP contribution < -0.4 is 0 Å². The Balaban J connectivity index is 2.04. The van der Waals surface area contributed by atoms with Crippen LogP contribution in [0.15, 0.2) is 46.0 Å². The van der Waals surface area contributed by atoms with E-state index in [0.29, 0.717) is 5.75 Å². The van der Waals surface area contributed by atoms with Crippen molar-refractivity contribution in [1.82, 2.24) is 4.98 Å². The Labute approximate surface area is 96.3 Å². The number of hydrogen-bond acceptors (Lipinski definition) is 4. The third-order valence-electron chi connectivity index (χ3n) is 1.91. The summed E-state index contributed by atoms with van der Waals surface area (Å²) in [5.41, 5.74) is 0.0597. The molecule has 0 fully saturated rings. The second-order valence-corrected chi connectivity index (χ2v) is 4.10. The summed E-state index contributed by atoms with van der Waals surface area (Å²) in [5, 5.41) is 8.77. The zero-order chi connectivity index (χ0) is 11.4. The number of carboxylic acid groups (broad SMARTS) is 1. The Morgan fingerprint density at radius 3 is 3.06 bits per heavy atom. The standard InChI is InChI=1S/C11H9NO3S/c13-11(14)10-6-9(3-4-12-10)16-7-8-2-1-5-15-8/h1-6H,7H2,(H,13,14). The average molecular weight is 235 g/mol. The number of rotatable bonds is 4. The van der Waals surface area contributed by atoms with E-state index < -0.39 is 5.97 Å². The quantitative estimate of drug-likeness (QED) is 0.825. The molecule has 0 aliphatic rings. The van der Waals surface area contributed by atoms with Gasteiger partial charge in [0.05, 0.1) is 12.0 Å². The van der Waals surface area contributed by atoms with Crippen molar-refractivity contribution in [2.45, 2.75) is 10.6 Å². The molecule has 0 aromatic carbocycles. The van der Waals surface area contributed by atoms with E-state index in [2.05, 4.69) is 4.98 Å². The molecule has 82 valence electrons. The SMILES string of the molecule is O=C(O)c1cc(SCc2ccco2)ccn1. The minimum Gasteiger partial charge on any atom is -0.477 e. The van der Waals surface area contributed by atoms with E-state index in [1.807, 2.05) is 12.1 Å². The molecule has 0 aliphatic carbocycles. The molecule has 2 rings (SSSR count). The van der Waals surface area contributed by atoms with Crippen LogP contribution in [-0.4, -0.2) is 16.1 Å². The summed E-state index contributed by atoms with van der Waals surface area (Å²) in [4.78, 5) is 15.3. The maximum absolute atomic E-state index is 10.7. The maximum Gasteiger partial charge on any atom is 0.354 e. The van der Waals surface area contributed by atoms with Gasteiger partial charge in [-0.25, -0.2) is 9.78 Å². The Hall–Kier alpha value is -1.75. The van der Waals surface area contributed by atoms with Gasteiger partial charge in [0.25, 0.3) is 0 Å². The molecule has 0 saturated carbocycles. The van der Waals surface area contributed by atoms with Crippen molar-refractivity contribution in [3.05, 3.63) is 48.2 Å². The number of hydrogen-bond donors (Lipinski definition) is 1. The molecule has 0 atom stereocenters. The van der Waals surface area contributed by atoms with E-state index in [1.54, 1.807) is 18.4 Å². The minimum atomic E-state index is -1.01. The van der Waals surface area contributed by atoms with Crippen LogP contribution in [0, 0.1) is 0 Å². The lowest BCUT2D eigenvalue weighted by Crippen LogP contribution is -1.99. The van der Waals surface area contributed by atoms with Gasteiger partial charge in [0.2, 0.25) is 0 Å². The van der Waals surface area contributed by atoms with Gasteiger partial charge < -0.3 is 9.52 Å². The molecule has 2 heterocycles. The highest BCUT2D eigenvalue weighted by Gasteiger charge is 2.05. The van der Waals surface area contributed by atoms with Crippen molar-refractivity contribution in [3.63, 3.8) is 0 Å². The molecule has 2 aromatic heterocycles. The van der Waals surface area contributed by atoms with Gasteiger partial charge in [0, 0.05) is 11.1 Å². The van der Waals surface area contributed by atoms with Crippen LogP contribution in [-0.2, 0) is 5.75 Å². The summed E-state index contributed by atoms with van der Waals surface area (Å²) in [5.74, 6) is 0.523. The van der Waals surface area contributed by atoms with Crippen molar-refractivity contribution in [2.24, 2.45) is 0 Å². The van der Waals surface area contributed by atoms with Gasteiger partial charge in [0.15, 0.2) is 0 Å². The molecule has 4 nitrogen and oxygen atoms in total. The van der Waals surface area contributed by atoms with Gasteiger partial charge in [-0.15, -0.1) is 11.8 Å². The molecule has 0 radical (unpaired) electrons. The van der Waals surface area contributed by atoms with Crippen molar-refractivity contribution in [3.8, 4) is 0 Å². The summed E-state index contributed by atoms with van der Waals surface area (Å²) >= 11 is 1.51. The molecule has 16 heavy (non-hydrogen) atoms. The van der Waals surface area contributed by atoms with E-state index in [-0.39, 0.29) is 5.69 Å². The number of nitrogens with zero attached hydrogens (tertiary/aromatic N) is 1. The van der Waals surface area contributed by atoms with Gasteiger partial charge in [-0.1, -0.05) is 0 Å². The molecule has 0 unspecified atom stereocenters. The number of aromatic nitrogens is 1. The smallest absolute Gasteiger partial charge is 0.354 e. The molecule has 0 aliphatic heterocycles. The first-order valence-electron chi connectivity index (χ1n) is 4.60. The minimum absolute atomic E-state index is 0.0597.